The summed E-state index contributed by atoms with van der Waals surface area (Å²) in [5.74, 6) is -0.899. The number of rotatable bonds is 6. The first-order valence-corrected chi connectivity index (χ1v) is 5.92. The Morgan fingerprint density at radius 3 is 2.88 bits per heavy atom. The van der Waals surface area contributed by atoms with Crippen LogP contribution < -0.4 is 5.32 Å². The van der Waals surface area contributed by atoms with E-state index in [4.69, 9.17) is 9.84 Å². The van der Waals surface area contributed by atoms with Crippen LogP contribution in [0.15, 0.2) is 0 Å². The van der Waals surface area contributed by atoms with Crippen LogP contribution in [0.5, 0.6) is 0 Å². The lowest BCUT2D eigenvalue weighted by Gasteiger charge is -2.17. The zero-order valence-electron chi connectivity index (χ0n) is 10.1. The monoisotopic (exact) mass is 244 g/mol. The summed E-state index contributed by atoms with van der Waals surface area (Å²) in [5.41, 5.74) is 0. The van der Waals surface area contributed by atoms with Crippen molar-refractivity contribution in [2.75, 3.05) is 26.7 Å². The summed E-state index contributed by atoms with van der Waals surface area (Å²) >= 11 is 0. The van der Waals surface area contributed by atoms with Crippen LogP contribution in [0.25, 0.3) is 0 Å². The van der Waals surface area contributed by atoms with Gasteiger partial charge in [-0.05, 0) is 19.3 Å². The molecule has 17 heavy (non-hydrogen) atoms. The molecular weight excluding hydrogens is 224 g/mol. The Balaban J connectivity index is 2.08. The smallest absolute Gasteiger partial charge is 0.317 e. The van der Waals surface area contributed by atoms with Crippen LogP contribution in [0.3, 0.4) is 0 Å². The summed E-state index contributed by atoms with van der Waals surface area (Å²) in [6, 6.07) is -0.232. The minimum atomic E-state index is -0.899. The van der Waals surface area contributed by atoms with Gasteiger partial charge in [0.1, 0.15) is 0 Å². The van der Waals surface area contributed by atoms with Gasteiger partial charge in [-0.25, -0.2) is 4.79 Å². The van der Waals surface area contributed by atoms with Crippen molar-refractivity contribution in [3.8, 4) is 0 Å². The molecule has 0 aromatic rings. The molecule has 1 atom stereocenters. The first-order valence-electron chi connectivity index (χ1n) is 5.92. The van der Waals surface area contributed by atoms with Crippen molar-refractivity contribution in [3.05, 3.63) is 0 Å². The highest BCUT2D eigenvalue weighted by Gasteiger charge is 2.16. The largest absolute Gasteiger partial charge is 0.481 e. The molecule has 1 aliphatic rings. The van der Waals surface area contributed by atoms with Crippen molar-refractivity contribution in [3.63, 3.8) is 0 Å². The fourth-order valence-corrected chi connectivity index (χ4v) is 1.71. The highest BCUT2D eigenvalue weighted by molar-refractivity contribution is 5.74. The number of carboxylic acid groups (broad SMARTS) is 1. The molecule has 1 fully saturated rings. The lowest BCUT2D eigenvalue weighted by Crippen LogP contribution is -2.39. The van der Waals surface area contributed by atoms with Crippen molar-refractivity contribution < 1.29 is 19.4 Å². The Hall–Kier alpha value is -1.30. The van der Waals surface area contributed by atoms with Gasteiger partial charge in [0, 0.05) is 26.7 Å². The first-order chi connectivity index (χ1) is 8.09. The average molecular weight is 244 g/mol. The van der Waals surface area contributed by atoms with E-state index >= 15 is 0 Å². The van der Waals surface area contributed by atoms with E-state index in [1.807, 2.05) is 0 Å². The lowest BCUT2D eigenvalue weighted by molar-refractivity contribution is -0.137. The molecule has 0 aromatic carbocycles. The number of nitrogens with zero attached hydrogens (tertiary/aromatic N) is 1. The van der Waals surface area contributed by atoms with Gasteiger partial charge in [-0.2, -0.15) is 0 Å². The minimum absolute atomic E-state index is 0.0321. The van der Waals surface area contributed by atoms with Crippen LogP contribution in [0.2, 0.25) is 0 Å². The number of carboxylic acids is 1. The van der Waals surface area contributed by atoms with Gasteiger partial charge >= 0.3 is 12.0 Å². The molecule has 98 valence electrons. The maximum absolute atomic E-state index is 11.5. The van der Waals surface area contributed by atoms with Crippen LogP contribution in [-0.2, 0) is 9.53 Å². The third-order valence-corrected chi connectivity index (χ3v) is 2.77. The second-order valence-electron chi connectivity index (χ2n) is 4.22. The van der Waals surface area contributed by atoms with E-state index in [1.165, 1.54) is 4.90 Å². The van der Waals surface area contributed by atoms with Gasteiger partial charge < -0.3 is 20.1 Å². The van der Waals surface area contributed by atoms with Gasteiger partial charge in [-0.15, -0.1) is 0 Å². The SMILES string of the molecule is CN(CCC(=O)O)C(=O)NCCC1CCCO1. The predicted octanol–water partition coefficient (Wildman–Crippen LogP) is 0.672. The quantitative estimate of drug-likeness (QED) is 0.720. The number of amides is 2. The Bertz CT molecular complexity index is 264. The van der Waals surface area contributed by atoms with Gasteiger partial charge in [0.2, 0.25) is 0 Å². The number of nitrogens with one attached hydrogen (secondary N) is 1. The fraction of sp³-hybridized carbons (Fsp3) is 0.818. The van der Waals surface area contributed by atoms with E-state index < -0.39 is 5.97 Å². The van der Waals surface area contributed by atoms with Crippen LogP contribution in [0.1, 0.15) is 25.7 Å². The summed E-state index contributed by atoms with van der Waals surface area (Å²) in [4.78, 5) is 23.2. The molecule has 0 bridgehead atoms. The Morgan fingerprint density at radius 2 is 2.29 bits per heavy atom. The molecule has 0 aromatic heterocycles. The molecule has 0 saturated carbocycles. The van der Waals surface area contributed by atoms with Crippen molar-refractivity contribution >= 4 is 12.0 Å². The van der Waals surface area contributed by atoms with Crippen LogP contribution in [0, 0.1) is 0 Å². The summed E-state index contributed by atoms with van der Waals surface area (Å²) in [6.07, 6.45) is 3.20. The number of urea groups is 1. The highest BCUT2D eigenvalue weighted by atomic mass is 16.5. The summed E-state index contributed by atoms with van der Waals surface area (Å²) < 4.78 is 5.43. The zero-order chi connectivity index (χ0) is 12.7. The summed E-state index contributed by atoms with van der Waals surface area (Å²) in [6.45, 7) is 1.61. The van der Waals surface area contributed by atoms with Crippen LogP contribution in [0.4, 0.5) is 4.79 Å². The Labute approximate surface area is 101 Å². The fourth-order valence-electron chi connectivity index (χ4n) is 1.71. The second-order valence-corrected chi connectivity index (χ2v) is 4.22. The maximum Gasteiger partial charge on any atom is 0.317 e. The summed E-state index contributed by atoms with van der Waals surface area (Å²) in [5, 5.41) is 11.2. The molecule has 1 aliphatic heterocycles. The number of carbonyl (C=O) groups is 2. The molecule has 2 N–H and O–H groups in total. The van der Waals surface area contributed by atoms with Crippen molar-refractivity contribution in [1.29, 1.82) is 0 Å². The number of hydrogen-bond donors (Lipinski definition) is 2. The van der Waals surface area contributed by atoms with Crippen LogP contribution >= 0.6 is 0 Å². The minimum Gasteiger partial charge on any atom is -0.481 e. The molecule has 0 aliphatic carbocycles. The molecule has 6 heteroatoms. The number of carbonyl (C=O) groups excluding carboxylic acids is 1. The first kappa shape index (κ1) is 13.8. The summed E-state index contributed by atoms with van der Waals surface area (Å²) in [7, 11) is 1.59. The number of hydrogen-bond acceptors (Lipinski definition) is 3. The van der Waals surface area contributed by atoms with Crippen molar-refractivity contribution in [2.24, 2.45) is 0 Å². The molecule has 6 nitrogen and oxygen atoms in total. The second kappa shape index (κ2) is 7.11. The van der Waals surface area contributed by atoms with E-state index in [0.29, 0.717) is 6.54 Å². The number of ether oxygens (including phenoxy) is 1. The Kier molecular flexibility index (Phi) is 5.76. The van der Waals surface area contributed by atoms with E-state index in [0.717, 1.165) is 25.9 Å². The molecule has 0 spiro atoms. The highest BCUT2D eigenvalue weighted by Crippen LogP contribution is 2.14. The Morgan fingerprint density at radius 1 is 1.53 bits per heavy atom. The molecule has 1 saturated heterocycles. The molecule has 1 rings (SSSR count). The zero-order valence-corrected chi connectivity index (χ0v) is 10.1. The lowest BCUT2D eigenvalue weighted by atomic mass is 10.2. The van der Waals surface area contributed by atoms with Gasteiger partial charge in [0.25, 0.3) is 0 Å². The topological polar surface area (TPSA) is 78.9 Å². The normalized spacial score (nSPS) is 19.0. The standard InChI is InChI=1S/C11H20N2O4/c1-13(7-5-10(14)15)11(16)12-6-4-9-3-2-8-17-9/h9H,2-8H2,1H3,(H,12,16)(H,14,15). The third kappa shape index (κ3) is 5.53. The molecule has 1 heterocycles. The predicted molar refractivity (Wildman–Crippen MR) is 61.9 cm³/mol. The van der Waals surface area contributed by atoms with E-state index in [-0.39, 0.29) is 25.1 Å². The van der Waals surface area contributed by atoms with E-state index in [1.54, 1.807) is 7.05 Å². The van der Waals surface area contributed by atoms with Crippen molar-refractivity contribution in [1.82, 2.24) is 10.2 Å². The average Bonchev–Trinajstić information content (AvgIpc) is 2.78. The van der Waals surface area contributed by atoms with Crippen molar-refractivity contribution in [2.45, 2.75) is 31.8 Å². The molecule has 0 radical (unpaired) electrons. The van der Waals surface area contributed by atoms with Gasteiger partial charge in [0.15, 0.2) is 0 Å². The van der Waals surface area contributed by atoms with Gasteiger partial charge in [-0.1, -0.05) is 0 Å². The van der Waals surface area contributed by atoms with Crippen LogP contribution in [-0.4, -0.2) is 54.9 Å². The maximum atomic E-state index is 11.5. The molecule has 2 amide bonds. The number of aliphatic carboxylic acids is 1. The van der Waals surface area contributed by atoms with E-state index in [2.05, 4.69) is 5.32 Å². The van der Waals surface area contributed by atoms with Gasteiger partial charge in [-0.3, -0.25) is 4.79 Å². The van der Waals surface area contributed by atoms with E-state index in [9.17, 15) is 9.59 Å². The van der Waals surface area contributed by atoms with Gasteiger partial charge in [0.05, 0.1) is 12.5 Å². The third-order valence-electron chi connectivity index (χ3n) is 2.77. The molecular formula is C11H20N2O4. The molecule has 1 unspecified atom stereocenters.